The highest BCUT2D eigenvalue weighted by Crippen LogP contribution is 2.26. The van der Waals surface area contributed by atoms with Crippen LogP contribution < -0.4 is 5.32 Å². The zero-order valence-corrected chi connectivity index (χ0v) is 16.4. The first-order valence-electron chi connectivity index (χ1n) is 8.67. The summed E-state index contributed by atoms with van der Waals surface area (Å²) in [5, 5.41) is 3.41. The van der Waals surface area contributed by atoms with Crippen LogP contribution in [0.2, 0.25) is 5.02 Å². The van der Waals surface area contributed by atoms with Crippen molar-refractivity contribution in [1.82, 2.24) is 0 Å². The van der Waals surface area contributed by atoms with Gasteiger partial charge in [0.25, 0.3) is 5.91 Å². The molecule has 1 N–H and O–H groups in total. The molecule has 1 amide bonds. The number of carbonyl (C=O) groups is 2. The Bertz CT molecular complexity index is 1060. The van der Waals surface area contributed by atoms with Gasteiger partial charge in [0.15, 0.2) is 6.10 Å². The number of esters is 1. The van der Waals surface area contributed by atoms with Gasteiger partial charge in [-0.1, -0.05) is 11.6 Å². The van der Waals surface area contributed by atoms with Gasteiger partial charge in [0, 0.05) is 10.9 Å². The lowest BCUT2D eigenvalue weighted by Crippen LogP contribution is -2.30. The van der Waals surface area contributed by atoms with Crippen LogP contribution in [0.4, 0.5) is 10.1 Å². The maximum atomic E-state index is 13.1. The number of benzene rings is 2. The Labute approximate surface area is 166 Å². The van der Waals surface area contributed by atoms with Crippen LogP contribution in [0.3, 0.4) is 0 Å². The summed E-state index contributed by atoms with van der Waals surface area (Å²) in [7, 11) is 0. The number of nitrogens with one attached hydrogen (secondary N) is 1. The van der Waals surface area contributed by atoms with E-state index in [-0.39, 0.29) is 17.1 Å². The highest BCUT2D eigenvalue weighted by molar-refractivity contribution is 6.33. The summed E-state index contributed by atoms with van der Waals surface area (Å²) in [5.74, 6) is -1.64. The van der Waals surface area contributed by atoms with Gasteiger partial charge in [-0.2, -0.15) is 0 Å². The smallest absolute Gasteiger partial charge is 0.311 e. The maximum absolute atomic E-state index is 13.1. The molecular weight excluding hydrogens is 385 g/mol. The first-order valence-corrected chi connectivity index (χ1v) is 9.05. The van der Waals surface area contributed by atoms with E-state index >= 15 is 0 Å². The Morgan fingerprint density at radius 2 is 1.93 bits per heavy atom. The SMILES string of the molecule is Cc1cc2occ(CC(=O)O[C@H](C)C(=O)Nc3ccc(F)cc3Cl)c2cc1C. The molecule has 0 saturated carbocycles. The zero-order valence-electron chi connectivity index (χ0n) is 15.6. The molecule has 0 saturated heterocycles. The Morgan fingerprint density at radius 3 is 2.64 bits per heavy atom. The third-order valence-corrected chi connectivity index (χ3v) is 4.78. The van der Waals surface area contributed by atoms with Crippen molar-refractivity contribution >= 4 is 40.1 Å². The molecule has 1 aromatic heterocycles. The molecular formula is C21H19ClFNO4. The lowest BCUT2D eigenvalue weighted by atomic mass is 10.0. The number of anilines is 1. The van der Waals surface area contributed by atoms with E-state index in [0.29, 0.717) is 11.1 Å². The Hall–Kier alpha value is -2.86. The van der Waals surface area contributed by atoms with E-state index in [1.807, 2.05) is 26.0 Å². The van der Waals surface area contributed by atoms with E-state index in [1.165, 1.54) is 25.3 Å². The van der Waals surface area contributed by atoms with Gasteiger partial charge in [-0.15, -0.1) is 0 Å². The van der Waals surface area contributed by atoms with E-state index in [2.05, 4.69) is 5.32 Å². The second kappa shape index (κ2) is 8.02. The second-order valence-corrected chi connectivity index (χ2v) is 7.02. The fourth-order valence-electron chi connectivity index (χ4n) is 2.75. The molecule has 0 spiro atoms. The largest absolute Gasteiger partial charge is 0.464 e. The second-order valence-electron chi connectivity index (χ2n) is 6.62. The van der Waals surface area contributed by atoms with Crippen molar-refractivity contribution in [2.45, 2.75) is 33.3 Å². The van der Waals surface area contributed by atoms with E-state index in [0.717, 1.165) is 22.6 Å². The predicted molar refractivity (Wildman–Crippen MR) is 105 cm³/mol. The van der Waals surface area contributed by atoms with Crippen LogP contribution in [0.5, 0.6) is 0 Å². The average molecular weight is 404 g/mol. The third-order valence-electron chi connectivity index (χ3n) is 4.47. The number of hydrogen-bond donors (Lipinski definition) is 1. The molecule has 0 fully saturated rings. The fourth-order valence-corrected chi connectivity index (χ4v) is 2.96. The summed E-state index contributed by atoms with van der Waals surface area (Å²) in [4.78, 5) is 24.5. The number of aryl methyl sites for hydroxylation is 2. The molecule has 0 aliphatic heterocycles. The highest BCUT2D eigenvalue weighted by atomic mass is 35.5. The molecule has 1 atom stereocenters. The topological polar surface area (TPSA) is 68.5 Å². The van der Waals surface area contributed by atoms with Gasteiger partial charge in [-0.05, 0) is 62.2 Å². The number of halogens is 2. The molecule has 0 aliphatic rings. The summed E-state index contributed by atoms with van der Waals surface area (Å²) < 4.78 is 23.8. The van der Waals surface area contributed by atoms with E-state index in [4.69, 9.17) is 20.8 Å². The van der Waals surface area contributed by atoms with Gasteiger partial charge in [-0.3, -0.25) is 9.59 Å². The number of ether oxygens (including phenoxy) is 1. The first-order chi connectivity index (χ1) is 13.2. The summed E-state index contributed by atoms with van der Waals surface area (Å²) >= 11 is 5.89. The van der Waals surface area contributed by atoms with Crippen molar-refractivity contribution in [2.75, 3.05) is 5.32 Å². The van der Waals surface area contributed by atoms with Gasteiger partial charge < -0.3 is 14.5 Å². The van der Waals surface area contributed by atoms with E-state index < -0.39 is 23.8 Å². The number of hydrogen-bond acceptors (Lipinski definition) is 4. The minimum absolute atomic E-state index is 0.0234. The molecule has 0 unspecified atom stereocenters. The highest BCUT2D eigenvalue weighted by Gasteiger charge is 2.20. The number of carbonyl (C=O) groups excluding carboxylic acids is 2. The normalized spacial score (nSPS) is 12.0. The van der Waals surface area contributed by atoms with Crippen LogP contribution >= 0.6 is 11.6 Å². The first kappa shape index (κ1) is 19.9. The summed E-state index contributed by atoms with van der Waals surface area (Å²) in [5.41, 5.74) is 3.82. The molecule has 1 heterocycles. The molecule has 3 rings (SSSR count). The summed E-state index contributed by atoms with van der Waals surface area (Å²) in [6.07, 6.45) is 0.453. The van der Waals surface area contributed by atoms with Gasteiger partial charge in [0.1, 0.15) is 11.4 Å². The molecule has 0 radical (unpaired) electrons. The molecule has 28 heavy (non-hydrogen) atoms. The van der Waals surface area contributed by atoms with Crippen molar-refractivity contribution in [3.05, 3.63) is 64.1 Å². The van der Waals surface area contributed by atoms with Gasteiger partial charge in [0.05, 0.1) is 23.4 Å². The van der Waals surface area contributed by atoms with Gasteiger partial charge in [-0.25, -0.2) is 4.39 Å². The number of rotatable bonds is 5. The Morgan fingerprint density at radius 1 is 1.21 bits per heavy atom. The van der Waals surface area contributed by atoms with Crippen molar-refractivity contribution in [3.8, 4) is 0 Å². The number of amides is 1. The standard InChI is InChI=1S/C21H19ClFNO4/c1-11-6-16-14(10-27-19(16)7-12(11)2)8-20(25)28-13(3)21(26)24-18-5-4-15(23)9-17(18)22/h4-7,9-10,13H,8H2,1-3H3,(H,24,26)/t13-/m1/s1. The number of furan rings is 1. The minimum Gasteiger partial charge on any atom is -0.464 e. The molecule has 0 aliphatic carbocycles. The van der Waals surface area contributed by atoms with Crippen LogP contribution in [-0.4, -0.2) is 18.0 Å². The van der Waals surface area contributed by atoms with Crippen LogP contribution in [-0.2, 0) is 20.7 Å². The lowest BCUT2D eigenvalue weighted by molar-refractivity contribution is -0.152. The van der Waals surface area contributed by atoms with E-state index in [9.17, 15) is 14.0 Å². The van der Waals surface area contributed by atoms with Crippen molar-refractivity contribution in [2.24, 2.45) is 0 Å². The molecule has 5 nitrogen and oxygen atoms in total. The molecule has 0 bridgehead atoms. The minimum atomic E-state index is -1.05. The van der Waals surface area contributed by atoms with Gasteiger partial charge >= 0.3 is 5.97 Å². The van der Waals surface area contributed by atoms with Crippen LogP contribution in [0, 0.1) is 19.7 Å². The quantitative estimate of drug-likeness (QED) is 0.611. The monoisotopic (exact) mass is 403 g/mol. The molecule has 3 aromatic rings. The lowest BCUT2D eigenvalue weighted by Gasteiger charge is -2.14. The van der Waals surface area contributed by atoms with E-state index in [1.54, 1.807) is 0 Å². The van der Waals surface area contributed by atoms with Crippen LogP contribution in [0.15, 0.2) is 41.0 Å². The van der Waals surface area contributed by atoms with Crippen molar-refractivity contribution in [1.29, 1.82) is 0 Å². The molecule has 146 valence electrons. The summed E-state index contributed by atoms with van der Waals surface area (Å²) in [6.45, 7) is 5.42. The number of fused-ring (bicyclic) bond motifs is 1. The van der Waals surface area contributed by atoms with Crippen LogP contribution in [0.25, 0.3) is 11.0 Å². The van der Waals surface area contributed by atoms with Crippen molar-refractivity contribution in [3.63, 3.8) is 0 Å². The van der Waals surface area contributed by atoms with Crippen LogP contribution in [0.1, 0.15) is 23.6 Å². The third kappa shape index (κ3) is 4.34. The molecule has 2 aromatic carbocycles. The Kier molecular flexibility index (Phi) is 5.70. The Balaban J connectivity index is 1.64. The maximum Gasteiger partial charge on any atom is 0.311 e. The zero-order chi connectivity index (χ0) is 20.4. The summed E-state index contributed by atoms with van der Waals surface area (Å²) in [6, 6.07) is 7.48. The van der Waals surface area contributed by atoms with Gasteiger partial charge in [0.2, 0.25) is 0 Å². The fraction of sp³-hybridized carbons (Fsp3) is 0.238. The average Bonchev–Trinajstić information content (AvgIpc) is 2.99. The molecule has 7 heteroatoms. The van der Waals surface area contributed by atoms with Crippen molar-refractivity contribution < 1.29 is 23.1 Å². The predicted octanol–water partition coefficient (Wildman–Crippen LogP) is 4.96.